The number of rotatable bonds is 18. The largest absolute Gasteiger partial charge is 2.00 e. The van der Waals surface area contributed by atoms with Crippen molar-refractivity contribution in [3.8, 4) is 11.5 Å². The number of carbonyl (C=O) groups excluding carboxylic acids is 1. The number of ether oxygens (including phenoxy) is 2. The van der Waals surface area contributed by atoms with Crippen molar-refractivity contribution in [2.75, 3.05) is 11.9 Å². The number of aryl methyl sites for hydroxylation is 1. The fraction of sp³-hybridized carbons (Fsp3) is 0.244. The van der Waals surface area contributed by atoms with E-state index in [2.05, 4.69) is 57.1 Å². The molecule has 10 heteroatoms. The summed E-state index contributed by atoms with van der Waals surface area (Å²) in [4.78, 5) is 16.8. The Morgan fingerprint density at radius 3 is 2.33 bits per heavy atom. The van der Waals surface area contributed by atoms with Crippen LogP contribution in [0, 0.1) is 0 Å². The molecule has 0 amide bonds. The Labute approximate surface area is 339 Å². The molecule has 2 aliphatic carbocycles. The molecule has 7 rings (SSSR count). The molecule has 5 aromatic rings. The Morgan fingerprint density at radius 2 is 1.58 bits per heavy atom. The summed E-state index contributed by atoms with van der Waals surface area (Å²) in [5.74, 6) is 1.56. The molecule has 0 saturated carbocycles. The number of anilines is 2. The van der Waals surface area contributed by atoms with Crippen LogP contribution >= 0.6 is 11.6 Å². The van der Waals surface area contributed by atoms with Gasteiger partial charge in [-0.05, 0) is 110 Å². The van der Waals surface area contributed by atoms with Crippen LogP contribution in [-0.4, -0.2) is 32.4 Å². The number of aromatic nitrogens is 4. The van der Waals surface area contributed by atoms with Gasteiger partial charge in [0, 0.05) is 40.1 Å². The maximum atomic E-state index is 12.4. The Morgan fingerprint density at radius 1 is 0.836 bits per heavy atom. The van der Waals surface area contributed by atoms with Crippen LogP contribution in [0.25, 0.3) is 10.9 Å². The summed E-state index contributed by atoms with van der Waals surface area (Å²) in [6.07, 6.45) is 30.5. The average molecular weight is 796 g/mol. The van der Waals surface area contributed by atoms with Crippen molar-refractivity contribution in [3.05, 3.63) is 162 Å². The van der Waals surface area contributed by atoms with Gasteiger partial charge in [0.1, 0.15) is 23.8 Å². The van der Waals surface area contributed by atoms with Crippen LogP contribution in [0.3, 0.4) is 0 Å². The minimum absolute atomic E-state index is 0. The van der Waals surface area contributed by atoms with E-state index in [-0.39, 0.29) is 22.9 Å². The predicted octanol–water partition coefficient (Wildman–Crippen LogP) is 11.3. The second-order valence-corrected chi connectivity index (χ2v) is 13.5. The number of benzene rings is 3. The standard InChI is InChI=1S/C40H40ClN5O3.C5H6.Fe/c41-32-14-21-37-38(23-24-42-39(37)27-32)43-33-15-19-36(20-16-33)49-29-34-28-46(45-44-34)25-7-3-1-2-4-8-26-48-35-17-12-31(13-18-35)40(47)22-11-30-9-5-6-10-30;1-2-4-5-3-1;/h5,9-24,27-28H,1-4,6-8,25-26,29H2,(H,42,43);1-4H,5H2;/q;;+2/b22-11+;;. The second-order valence-electron chi connectivity index (χ2n) is 13.1. The molecule has 8 nitrogen and oxygen atoms in total. The molecule has 2 aromatic heterocycles. The number of pyridine rings is 1. The Hall–Kier alpha value is -5.21. The van der Waals surface area contributed by atoms with E-state index in [4.69, 9.17) is 21.1 Å². The first-order valence-electron chi connectivity index (χ1n) is 18.7. The summed E-state index contributed by atoms with van der Waals surface area (Å²) in [7, 11) is 0. The van der Waals surface area contributed by atoms with Crippen molar-refractivity contribution in [2.24, 2.45) is 0 Å². The molecule has 2 aliphatic rings. The number of nitrogens with one attached hydrogen (secondary N) is 1. The van der Waals surface area contributed by atoms with Gasteiger partial charge in [0.2, 0.25) is 0 Å². The van der Waals surface area contributed by atoms with E-state index in [0.29, 0.717) is 23.8 Å². The molecule has 0 radical (unpaired) electrons. The van der Waals surface area contributed by atoms with Gasteiger partial charge in [-0.2, -0.15) is 0 Å². The summed E-state index contributed by atoms with van der Waals surface area (Å²) >= 11 is 6.12. The summed E-state index contributed by atoms with van der Waals surface area (Å²) in [6, 6.07) is 22.9. The van der Waals surface area contributed by atoms with Crippen molar-refractivity contribution in [2.45, 2.75) is 64.5 Å². The maximum absolute atomic E-state index is 12.4. The van der Waals surface area contributed by atoms with Crippen LogP contribution in [0.4, 0.5) is 11.4 Å². The number of ketones is 1. The van der Waals surface area contributed by atoms with E-state index in [1.807, 2.05) is 95.8 Å². The zero-order valence-corrected chi connectivity index (χ0v) is 32.7. The summed E-state index contributed by atoms with van der Waals surface area (Å²) < 4.78 is 13.7. The summed E-state index contributed by atoms with van der Waals surface area (Å²) in [5, 5.41) is 13.7. The van der Waals surface area contributed by atoms with Gasteiger partial charge in [-0.3, -0.25) is 14.5 Å². The third kappa shape index (κ3) is 13.5. The zero-order chi connectivity index (χ0) is 37.2. The summed E-state index contributed by atoms with van der Waals surface area (Å²) in [6.45, 7) is 1.88. The van der Waals surface area contributed by atoms with Gasteiger partial charge in [0.25, 0.3) is 0 Å². The van der Waals surface area contributed by atoms with E-state index >= 15 is 0 Å². The molecule has 1 N–H and O–H groups in total. The van der Waals surface area contributed by atoms with E-state index in [1.165, 1.54) is 12.8 Å². The number of nitrogens with zero attached hydrogens (tertiary/aromatic N) is 4. The molecule has 3 aromatic carbocycles. The molecule has 282 valence electrons. The molecule has 0 saturated heterocycles. The number of fused-ring (bicyclic) bond motifs is 1. The van der Waals surface area contributed by atoms with Gasteiger partial charge >= 0.3 is 17.1 Å². The van der Waals surface area contributed by atoms with E-state index in [9.17, 15) is 4.79 Å². The van der Waals surface area contributed by atoms with Crippen LogP contribution in [0.1, 0.15) is 67.4 Å². The van der Waals surface area contributed by atoms with Gasteiger partial charge in [-0.1, -0.05) is 91.1 Å². The molecule has 0 aliphatic heterocycles. The van der Waals surface area contributed by atoms with Crippen molar-refractivity contribution in [1.29, 1.82) is 0 Å². The molecule has 0 unspecified atom stereocenters. The molecule has 0 atom stereocenters. The van der Waals surface area contributed by atoms with Crippen LogP contribution in [0.5, 0.6) is 11.5 Å². The fourth-order valence-corrected chi connectivity index (χ4v) is 6.11. The molecular formula is C45H46ClFeN5O3+2. The molecule has 0 bridgehead atoms. The quantitative estimate of drug-likeness (QED) is 0.0409. The first kappa shape index (κ1) is 41.0. The Bertz CT molecular complexity index is 2110. The Balaban J connectivity index is 0.000000895. The van der Waals surface area contributed by atoms with Gasteiger partial charge < -0.3 is 14.8 Å². The summed E-state index contributed by atoms with van der Waals surface area (Å²) in [5.41, 5.74) is 5.31. The number of carbonyl (C=O) groups is 1. The van der Waals surface area contributed by atoms with Crippen LogP contribution in [-0.2, 0) is 30.2 Å². The van der Waals surface area contributed by atoms with Gasteiger partial charge in [0.15, 0.2) is 5.78 Å². The molecule has 2 heterocycles. The molecule has 0 spiro atoms. The topological polar surface area (TPSA) is 91.2 Å². The van der Waals surface area contributed by atoms with Crippen molar-refractivity contribution in [3.63, 3.8) is 0 Å². The minimum atomic E-state index is 0. The van der Waals surface area contributed by atoms with Gasteiger partial charge in [-0.25, -0.2) is 0 Å². The van der Waals surface area contributed by atoms with Crippen LogP contribution in [0.15, 0.2) is 145 Å². The minimum Gasteiger partial charge on any atom is -0.494 e. The number of unbranched alkanes of at least 4 members (excludes halogenated alkanes) is 5. The average Bonchev–Trinajstić information content (AvgIpc) is 4.03. The van der Waals surface area contributed by atoms with Crippen LogP contribution < -0.4 is 14.8 Å². The molecule has 0 fully saturated rings. The first-order chi connectivity index (χ1) is 26.6. The maximum Gasteiger partial charge on any atom is 2.00 e. The van der Waals surface area contributed by atoms with Crippen molar-refractivity contribution < 1.29 is 31.3 Å². The zero-order valence-electron chi connectivity index (χ0n) is 30.8. The number of halogens is 1. The van der Waals surface area contributed by atoms with E-state index in [1.54, 1.807) is 12.3 Å². The van der Waals surface area contributed by atoms with Gasteiger partial charge in [-0.15, -0.1) is 5.10 Å². The van der Waals surface area contributed by atoms with Gasteiger partial charge in [0.05, 0.1) is 18.3 Å². The number of hydrogen-bond donors (Lipinski definition) is 1. The van der Waals surface area contributed by atoms with E-state index < -0.39 is 0 Å². The van der Waals surface area contributed by atoms with Crippen molar-refractivity contribution >= 4 is 39.7 Å². The molecular weight excluding hydrogens is 750 g/mol. The SMILES string of the molecule is C1=CCC=C1.O=C(/C=C/C1=CCC=C1)c1ccc(OCCCCCCCCn2cc(COc3ccc(Nc4ccnc5cc(Cl)ccc45)cc3)nn2)cc1.[Fe+2]. The molecule has 55 heavy (non-hydrogen) atoms. The second kappa shape index (κ2) is 22.2. The normalized spacial score (nSPS) is 12.7. The van der Waals surface area contributed by atoms with Crippen molar-refractivity contribution in [1.82, 2.24) is 20.0 Å². The van der Waals surface area contributed by atoms with Crippen LogP contribution in [0.2, 0.25) is 5.02 Å². The van der Waals surface area contributed by atoms with E-state index in [0.717, 1.165) is 90.1 Å². The number of allylic oxidation sites excluding steroid dienone is 10. The third-order valence-corrected chi connectivity index (χ3v) is 9.12. The first-order valence-corrected chi connectivity index (χ1v) is 19.0. The smallest absolute Gasteiger partial charge is 0.494 e. The third-order valence-electron chi connectivity index (χ3n) is 8.88. The predicted molar refractivity (Wildman–Crippen MR) is 219 cm³/mol. The fourth-order valence-electron chi connectivity index (χ4n) is 5.94. The number of hydrogen-bond acceptors (Lipinski definition) is 7. The monoisotopic (exact) mass is 795 g/mol. The Kier molecular flexibility index (Phi) is 16.6.